The summed E-state index contributed by atoms with van der Waals surface area (Å²) in [6, 6.07) is 3.68. The number of carboxylic acids is 1. The fourth-order valence-electron chi connectivity index (χ4n) is 1.18. The number of hydrogen-bond donors (Lipinski definition) is 2. The van der Waals surface area contributed by atoms with Crippen molar-refractivity contribution >= 4 is 34.9 Å². The van der Waals surface area contributed by atoms with Crippen molar-refractivity contribution in [2.75, 3.05) is 18.5 Å². The van der Waals surface area contributed by atoms with Crippen LogP contribution in [0.2, 0.25) is 5.02 Å². The van der Waals surface area contributed by atoms with Crippen LogP contribution in [0.25, 0.3) is 0 Å². The number of rotatable bonds is 6. The van der Waals surface area contributed by atoms with Gasteiger partial charge in [-0.25, -0.2) is 4.79 Å². The lowest BCUT2D eigenvalue weighted by atomic mass is 10.2. The number of carbonyl (C=O) groups excluding carboxylic acids is 1. The van der Waals surface area contributed by atoms with E-state index in [1.165, 1.54) is 12.1 Å². The van der Waals surface area contributed by atoms with Gasteiger partial charge in [-0.3, -0.25) is 14.9 Å². The molecule has 0 atom stereocenters. The van der Waals surface area contributed by atoms with Crippen LogP contribution in [0.4, 0.5) is 11.4 Å². The zero-order valence-electron chi connectivity index (χ0n) is 9.46. The second-order valence-corrected chi connectivity index (χ2v) is 3.79. The highest BCUT2D eigenvalue weighted by Crippen LogP contribution is 2.27. The lowest BCUT2D eigenvalue weighted by Crippen LogP contribution is -2.21. The second-order valence-electron chi connectivity index (χ2n) is 3.35. The summed E-state index contributed by atoms with van der Waals surface area (Å²) in [6.07, 6.45) is 0. The van der Waals surface area contributed by atoms with E-state index in [0.29, 0.717) is 0 Å². The summed E-state index contributed by atoms with van der Waals surface area (Å²) in [6.45, 7) is -1.17. The topological polar surface area (TPSA) is 119 Å². The number of nitrogens with zero attached hydrogens (tertiary/aromatic N) is 1. The molecule has 0 radical (unpaired) electrons. The predicted octanol–water partition coefficient (Wildman–Crippen LogP) is 1.29. The molecule has 19 heavy (non-hydrogen) atoms. The number of carboxylic acid groups (broad SMARTS) is 1. The van der Waals surface area contributed by atoms with E-state index in [-0.39, 0.29) is 16.4 Å². The molecule has 2 N–H and O–H groups in total. The molecule has 0 fully saturated rings. The van der Waals surface area contributed by atoms with Crippen molar-refractivity contribution in [2.24, 2.45) is 0 Å². The number of nitro benzene ring substituents is 1. The molecule has 0 saturated heterocycles. The molecule has 0 unspecified atom stereocenters. The van der Waals surface area contributed by atoms with Crippen molar-refractivity contribution in [3.8, 4) is 0 Å². The average molecular weight is 289 g/mol. The van der Waals surface area contributed by atoms with Crippen LogP contribution < -0.4 is 5.32 Å². The highest BCUT2D eigenvalue weighted by atomic mass is 35.5. The summed E-state index contributed by atoms with van der Waals surface area (Å²) < 4.78 is 4.55. The van der Waals surface area contributed by atoms with E-state index in [0.717, 1.165) is 6.07 Å². The van der Waals surface area contributed by atoms with E-state index in [4.69, 9.17) is 16.7 Å². The Hall–Kier alpha value is -2.19. The van der Waals surface area contributed by atoms with E-state index >= 15 is 0 Å². The third-order valence-electron chi connectivity index (χ3n) is 1.89. The van der Waals surface area contributed by atoms with Gasteiger partial charge in [0, 0.05) is 11.1 Å². The third kappa shape index (κ3) is 4.90. The Kier molecular flexibility index (Phi) is 5.22. The molecule has 1 aromatic carbocycles. The summed E-state index contributed by atoms with van der Waals surface area (Å²) in [4.78, 5) is 31.6. The van der Waals surface area contributed by atoms with Crippen LogP contribution in [0, 0.1) is 10.1 Å². The third-order valence-corrected chi connectivity index (χ3v) is 2.12. The van der Waals surface area contributed by atoms with Gasteiger partial charge in [0.15, 0.2) is 0 Å². The molecule has 9 heteroatoms. The summed E-state index contributed by atoms with van der Waals surface area (Å²) in [5, 5.41) is 21.5. The molecule has 102 valence electrons. The highest BCUT2D eigenvalue weighted by Gasteiger charge is 2.16. The Labute approximate surface area is 112 Å². The van der Waals surface area contributed by atoms with Crippen LogP contribution >= 0.6 is 11.6 Å². The monoisotopic (exact) mass is 288 g/mol. The largest absolute Gasteiger partial charge is 0.480 e. The zero-order valence-corrected chi connectivity index (χ0v) is 10.2. The molecule has 1 aromatic rings. The van der Waals surface area contributed by atoms with E-state index in [1.54, 1.807) is 0 Å². The molecule has 0 saturated carbocycles. The number of aliphatic carboxylic acids is 1. The van der Waals surface area contributed by atoms with Crippen LogP contribution in [0.5, 0.6) is 0 Å². The molecule has 1 amide bonds. The molecular formula is C10H9ClN2O6. The van der Waals surface area contributed by atoms with Crippen LogP contribution in [-0.4, -0.2) is 35.1 Å². The van der Waals surface area contributed by atoms with Crippen LogP contribution in [-0.2, 0) is 14.3 Å². The number of benzene rings is 1. The Bertz CT molecular complexity index is 519. The lowest BCUT2D eigenvalue weighted by molar-refractivity contribution is -0.383. The number of halogens is 1. The standard InChI is InChI=1S/C10H9ClN2O6/c11-6-1-2-8(13(17)18)7(3-6)12-9(14)4-19-5-10(15)16/h1-3H,4-5H2,(H,12,14)(H,15,16). The summed E-state index contributed by atoms with van der Waals surface area (Å²) in [5.74, 6) is -1.94. The molecule has 1 rings (SSSR count). The molecule has 0 bridgehead atoms. The first-order valence-corrected chi connectivity index (χ1v) is 5.31. The summed E-state index contributed by atoms with van der Waals surface area (Å²) in [5.41, 5.74) is -0.405. The summed E-state index contributed by atoms with van der Waals surface area (Å²) in [7, 11) is 0. The van der Waals surface area contributed by atoms with Crippen LogP contribution in [0.1, 0.15) is 0 Å². The first-order valence-electron chi connectivity index (χ1n) is 4.93. The van der Waals surface area contributed by atoms with Gasteiger partial charge in [0.05, 0.1) is 4.92 Å². The Balaban J connectivity index is 2.70. The fourth-order valence-corrected chi connectivity index (χ4v) is 1.36. The van der Waals surface area contributed by atoms with Gasteiger partial charge in [0.25, 0.3) is 11.6 Å². The molecule has 0 spiro atoms. The Morgan fingerprint density at radius 2 is 2.11 bits per heavy atom. The van der Waals surface area contributed by atoms with Gasteiger partial charge in [-0.15, -0.1) is 0 Å². The number of nitro groups is 1. The van der Waals surface area contributed by atoms with Crippen molar-refractivity contribution in [2.45, 2.75) is 0 Å². The van der Waals surface area contributed by atoms with Crippen molar-refractivity contribution in [1.82, 2.24) is 0 Å². The first-order chi connectivity index (χ1) is 8.90. The minimum atomic E-state index is -1.22. The average Bonchev–Trinajstić information content (AvgIpc) is 2.27. The van der Waals surface area contributed by atoms with E-state index in [2.05, 4.69) is 10.1 Å². The lowest BCUT2D eigenvalue weighted by Gasteiger charge is -2.06. The predicted molar refractivity (Wildman–Crippen MR) is 65.2 cm³/mol. The van der Waals surface area contributed by atoms with Crippen molar-refractivity contribution < 1.29 is 24.4 Å². The van der Waals surface area contributed by atoms with Crippen molar-refractivity contribution in [3.63, 3.8) is 0 Å². The maximum absolute atomic E-state index is 11.4. The SMILES string of the molecule is O=C(O)COCC(=O)Nc1cc(Cl)ccc1[N+](=O)[O-]. The van der Waals surface area contributed by atoms with Crippen LogP contribution in [0.3, 0.4) is 0 Å². The van der Waals surface area contributed by atoms with E-state index in [9.17, 15) is 19.7 Å². The van der Waals surface area contributed by atoms with Crippen LogP contribution in [0.15, 0.2) is 18.2 Å². The molecule has 0 aromatic heterocycles. The Morgan fingerprint density at radius 3 is 2.68 bits per heavy atom. The van der Waals surface area contributed by atoms with Gasteiger partial charge in [-0.05, 0) is 12.1 Å². The Morgan fingerprint density at radius 1 is 1.42 bits per heavy atom. The number of carbonyl (C=O) groups is 2. The second kappa shape index (κ2) is 6.66. The fraction of sp³-hybridized carbons (Fsp3) is 0.200. The number of nitrogens with one attached hydrogen (secondary N) is 1. The summed E-state index contributed by atoms with van der Waals surface area (Å²) >= 11 is 5.67. The minimum Gasteiger partial charge on any atom is -0.480 e. The normalized spacial score (nSPS) is 9.95. The quantitative estimate of drug-likeness (QED) is 0.601. The highest BCUT2D eigenvalue weighted by molar-refractivity contribution is 6.31. The molecule has 0 aliphatic heterocycles. The molecular weight excluding hydrogens is 280 g/mol. The molecule has 0 aliphatic carbocycles. The van der Waals surface area contributed by atoms with Gasteiger partial charge in [0.1, 0.15) is 18.9 Å². The number of hydrogen-bond acceptors (Lipinski definition) is 5. The van der Waals surface area contributed by atoms with Gasteiger partial charge in [0.2, 0.25) is 0 Å². The number of amides is 1. The molecule has 0 aliphatic rings. The van der Waals surface area contributed by atoms with Crippen molar-refractivity contribution in [1.29, 1.82) is 0 Å². The van der Waals surface area contributed by atoms with Gasteiger partial charge in [-0.1, -0.05) is 11.6 Å². The van der Waals surface area contributed by atoms with Gasteiger partial charge >= 0.3 is 5.97 Å². The maximum Gasteiger partial charge on any atom is 0.329 e. The van der Waals surface area contributed by atoms with Gasteiger partial charge in [-0.2, -0.15) is 0 Å². The number of ether oxygens (including phenoxy) is 1. The molecule has 8 nitrogen and oxygen atoms in total. The minimum absolute atomic E-state index is 0.0820. The number of anilines is 1. The maximum atomic E-state index is 11.4. The smallest absolute Gasteiger partial charge is 0.329 e. The van der Waals surface area contributed by atoms with Gasteiger partial charge < -0.3 is 15.2 Å². The molecule has 0 heterocycles. The van der Waals surface area contributed by atoms with Crippen molar-refractivity contribution in [3.05, 3.63) is 33.3 Å². The van der Waals surface area contributed by atoms with E-state index < -0.39 is 30.0 Å². The first kappa shape index (κ1) is 14.9. The zero-order chi connectivity index (χ0) is 14.4. The van der Waals surface area contributed by atoms with E-state index in [1.807, 2.05) is 0 Å².